The molecule has 0 radical (unpaired) electrons. The Bertz CT molecular complexity index is 841. The first-order valence-electron chi connectivity index (χ1n) is 11.1. The van der Waals surface area contributed by atoms with Crippen molar-refractivity contribution < 1.29 is 19.1 Å². The summed E-state index contributed by atoms with van der Waals surface area (Å²) >= 11 is 0. The van der Waals surface area contributed by atoms with E-state index in [1.807, 2.05) is 25.1 Å². The second kappa shape index (κ2) is 13.4. The van der Waals surface area contributed by atoms with E-state index in [-0.39, 0.29) is 18.0 Å². The number of ether oxygens (including phenoxy) is 2. The van der Waals surface area contributed by atoms with E-state index in [4.69, 9.17) is 9.47 Å². The molecule has 0 N–H and O–H groups in total. The third-order valence-electron chi connectivity index (χ3n) is 4.83. The molecule has 166 valence electrons. The standard InChI is InChI=1S/C26H33NO4/c1-4-6-7-8-9-10-26(29)31-23-17-18-24(27-19-23)22-15-13-21(14-16-22)12-11-20(3)30-25(28)5-2/h6-7,13-20H,4-5,8-12H2,1-3H3/b7-6-. The van der Waals surface area contributed by atoms with Crippen molar-refractivity contribution >= 4 is 11.9 Å². The summed E-state index contributed by atoms with van der Waals surface area (Å²) in [6.45, 7) is 5.81. The number of benzene rings is 1. The maximum Gasteiger partial charge on any atom is 0.311 e. The van der Waals surface area contributed by atoms with Crippen LogP contribution in [0.25, 0.3) is 11.3 Å². The smallest absolute Gasteiger partial charge is 0.311 e. The predicted molar refractivity (Wildman–Crippen MR) is 123 cm³/mol. The number of carbonyl (C=O) groups excluding carboxylic acids is 2. The lowest BCUT2D eigenvalue weighted by molar-refractivity contribution is -0.148. The molecule has 0 bridgehead atoms. The second-order valence-corrected chi connectivity index (χ2v) is 7.51. The maximum absolute atomic E-state index is 11.9. The molecule has 0 fully saturated rings. The Kier molecular flexibility index (Phi) is 10.5. The first kappa shape index (κ1) is 24.3. The van der Waals surface area contributed by atoms with Crippen LogP contribution in [0.4, 0.5) is 0 Å². The Morgan fingerprint density at radius 2 is 1.81 bits per heavy atom. The molecule has 5 heteroatoms. The lowest BCUT2D eigenvalue weighted by Crippen LogP contribution is -2.14. The van der Waals surface area contributed by atoms with Gasteiger partial charge in [-0.25, -0.2) is 0 Å². The van der Waals surface area contributed by atoms with Crippen LogP contribution >= 0.6 is 0 Å². The highest BCUT2D eigenvalue weighted by atomic mass is 16.5. The van der Waals surface area contributed by atoms with Crippen LogP contribution in [0.2, 0.25) is 0 Å². The number of carbonyl (C=O) groups is 2. The Labute approximate surface area is 185 Å². The van der Waals surface area contributed by atoms with E-state index in [0.717, 1.165) is 43.4 Å². The van der Waals surface area contributed by atoms with E-state index < -0.39 is 0 Å². The average Bonchev–Trinajstić information content (AvgIpc) is 2.78. The summed E-state index contributed by atoms with van der Waals surface area (Å²) in [6, 6.07) is 11.8. The third-order valence-corrected chi connectivity index (χ3v) is 4.83. The molecular formula is C26H33NO4. The van der Waals surface area contributed by atoms with Gasteiger partial charge in [0.1, 0.15) is 5.75 Å². The largest absolute Gasteiger partial charge is 0.463 e. The van der Waals surface area contributed by atoms with Gasteiger partial charge in [0.25, 0.3) is 0 Å². The number of unbranched alkanes of at least 4 members (excludes halogenated alkanes) is 1. The van der Waals surface area contributed by atoms with Crippen LogP contribution in [-0.4, -0.2) is 23.0 Å². The summed E-state index contributed by atoms with van der Waals surface area (Å²) < 4.78 is 10.7. The first-order chi connectivity index (χ1) is 15.0. The fourth-order valence-electron chi connectivity index (χ4n) is 3.02. The van der Waals surface area contributed by atoms with Gasteiger partial charge in [-0.05, 0) is 56.7 Å². The Balaban J connectivity index is 1.82. The van der Waals surface area contributed by atoms with E-state index in [9.17, 15) is 9.59 Å². The molecule has 0 saturated carbocycles. The molecule has 0 aliphatic heterocycles. The van der Waals surface area contributed by atoms with Crippen molar-refractivity contribution in [1.82, 2.24) is 4.98 Å². The number of allylic oxidation sites excluding steroid dienone is 2. The SMILES string of the molecule is CC/C=C\CCCC(=O)Oc1ccc(-c2ccc(CCC(C)OC(=O)CC)cc2)nc1. The fraction of sp³-hybridized carbons (Fsp3) is 0.423. The molecule has 5 nitrogen and oxygen atoms in total. The van der Waals surface area contributed by atoms with Crippen molar-refractivity contribution in [3.63, 3.8) is 0 Å². The summed E-state index contributed by atoms with van der Waals surface area (Å²) in [6.07, 6.45) is 10.8. The van der Waals surface area contributed by atoms with Crippen LogP contribution in [0.1, 0.15) is 64.9 Å². The Morgan fingerprint density at radius 1 is 1.03 bits per heavy atom. The Morgan fingerprint density at radius 3 is 2.45 bits per heavy atom. The molecule has 0 aliphatic carbocycles. The molecule has 0 saturated heterocycles. The van der Waals surface area contributed by atoms with Gasteiger partial charge in [-0.2, -0.15) is 0 Å². The van der Waals surface area contributed by atoms with E-state index >= 15 is 0 Å². The van der Waals surface area contributed by atoms with Gasteiger partial charge in [-0.1, -0.05) is 50.3 Å². The molecule has 0 spiro atoms. The van der Waals surface area contributed by atoms with Gasteiger partial charge in [0.15, 0.2) is 0 Å². The molecule has 2 rings (SSSR count). The van der Waals surface area contributed by atoms with Crippen LogP contribution in [0.5, 0.6) is 5.75 Å². The number of hydrogen-bond acceptors (Lipinski definition) is 5. The molecule has 2 aromatic rings. The zero-order valence-corrected chi connectivity index (χ0v) is 18.8. The van der Waals surface area contributed by atoms with Gasteiger partial charge in [-0.15, -0.1) is 0 Å². The Hall–Kier alpha value is -2.95. The molecule has 1 aromatic carbocycles. The number of aryl methyl sites for hydroxylation is 1. The molecule has 31 heavy (non-hydrogen) atoms. The topological polar surface area (TPSA) is 65.5 Å². The van der Waals surface area contributed by atoms with E-state index in [0.29, 0.717) is 18.6 Å². The molecule has 0 amide bonds. The van der Waals surface area contributed by atoms with Crippen molar-refractivity contribution in [2.75, 3.05) is 0 Å². The summed E-state index contributed by atoms with van der Waals surface area (Å²) in [5.41, 5.74) is 3.00. The zero-order valence-electron chi connectivity index (χ0n) is 18.8. The summed E-state index contributed by atoms with van der Waals surface area (Å²) in [7, 11) is 0. The normalized spacial score (nSPS) is 12.0. The number of nitrogens with zero attached hydrogens (tertiary/aromatic N) is 1. The summed E-state index contributed by atoms with van der Waals surface area (Å²) in [5, 5.41) is 0. The van der Waals surface area contributed by atoms with Crippen LogP contribution < -0.4 is 4.74 Å². The number of aromatic nitrogens is 1. The molecule has 1 atom stereocenters. The predicted octanol–water partition coefficient (Wildman–Crippen LogP) is 6.06. The minimum absolute atomic E-state index is 0.0862. The van der Waals surface area contributed by atoms with Crippen molar-refractivity contribution in [3.05, 3.63) is 60.3 Å². The lowest BCUT2D eigenvalue weighted by atomic mass is 10.0. The first-order valence-corrected chi connectivity index (χ1v) is 11.1. The van der Waals surface area contributed by atoms with Gasteiger partial charge in [0, 0.05) is 18.4 Å². The average molecular weight is 424 g/mol. The van der Waals surface area contributed by atoms with Crippen molar-refractivity contribution in [2.45, 2.75) is 71.8 Å². The van der Waals surface area contributed by atoms with E-state index in [1.54, 1.807) is 19.2 Å². The van der Waals surface area contributed by atoms with Crippen molar-refractivity contribution in [3.8, 4) is 17.0 Å². The monoisotopic (exact) mass is 423 g/mol. The van der Waals surface area contributed by atoms with Gasteiger partial charge in [-0.3, -0.25) is 14.6 Å². The van der Waals surface area contributed by atoms with Gasteiger partial charge < -0.3 is 9.47 Å². The third kappa shape index (κ3) is 9.16. The van der Waals surface area contributed by atoms with Gasteiger partial charge in [0.05, 0.1) is 18.0 Å². The highest BCUT2D eigenvalue weighted by Crippen LogP contribution is 2.21. The minimum atomic E-state index is -0.234. The zero-order chi connectivity index (χ0) is 22.5. The molecule has 0 aliphatic rings. The quantitative estimate of drug-likeness (QED) is 0.236. The van der Waals surface area contributed by atoms with Crippen molar-refractivity contribution in [1.29, 1.82) is 0 Å². The molecule has 1 heterocycles. The minimum Gasteiger partial charge on any atom is -0.463 e. The second-order valence-electron chi connectivity index (χ2n) is 7.51. The highest BCUT2D eigenvalue weighted by molar-refractivity contribution is 5.72. The van der Waals surface area contributed by atoms with Gasteiger partial charge >= 0.3 is 11.9 Å². The molecule has 1 unspecified atom stereocenters. The summed E-state index contributed by atoms with van der Waals surface area (Å²) in [4.78, 5) is 27.7. The van der Waals surface area contributed by atoms with Crippen LogP contribution in [0.3, 0.4) is 0 Å². The lowest BCUT2D eigenvalue weighted by Gasteiger charge is -2.12. The number of esters is 2. The molecular weight excluding hydrogens is 390 g/mol. The number of hydrogen-bond donors (Lipinski definition) is 0. The van der Waals surface area contributed by atoms with Crippen LogP contribution in [0, 0.1) is 0 Å². The summed E-state index contributed by atoms with van der Waals surface area (Å²) in [5.74, 6) is 0.0694. The van der Waals surface area contributed by atoms with E-state index in [2.05, 4.69) is 36.2 Å². The van der Waals surface area contributed by atoms with E-state index in [1.165, 1.54) is 5.56 Å². The highest BCUT2D eigenvalue weighted by Gasteiger charge is 2.09. The number of rotatable bonds is 12. The van der Waals surface area contributed by atoms with Crippen LogP contribution in [0.15, 0.2) is 54.7 Å². The number of pyridine rings is 1. The van der Waals surface area contributed by atoms with Crippen LogP contribution in [-0.2, 0) is 20.7 Å². The maximum atomic E-state index is 11.9. The van der Waals surface area contributed by atoms with Gasteiger partial charge in [0.2, 0.25) is 0 Å². The fourth-order valence-corrected chi connectivity index (χ4v) is 3.02. The molecule has 1 aromatic heterocycles. The van der Waals surface area contributed by atoms with Crippen molar-refractivity contribution in [2.24, 2.45) is 0 Å².